The number of rotatable bonds is 27. The van der Waals surface area contributed by atoms with E-state index in [-0.39, 0.29) is 224 Å². The maximum atomic E-state index is 4.30. The Hall–Kier alpha value is 5.13. The molecule has 0 spiro atoms. The summed E-state index contributed by atoms with van der Waals surface area (Å²) >= 11 is 7.24. The van der Waals surface area contributed by atoms with Gasteiger partial charge in [-0.2, -0.15) is 0 Å². The van der Waals surface area contributed by atoms with Crippen LogP contribution in [-0.4, -0.2) is 77.6 Å². The molecule has 2 aromatic carbocycles. The second kappa shape index (κ2) is 68.6. The normalized spacial score (nSPS) is 36.8. The van der Waals surface area contributed by atoms with Gasteiger partial charge >= 0.3 is 105 Å². The monoisotopic (exact) mass is 2670 g/mol. The van der Waals surface area contributed by atoms with Crippen LogP contribution in [0, 0.1) is 261 Å². The van der Waals surface area contributed by atoms with E-state index in [4.69, 9.17) is 0 Å². The molecule has 0 aliphatic heterocycles. The van der Waals surface area contributed by atoms with Crippen LogP contribution >= 0.6 is 38.5 Å². The Labute approximate surface area is 1050 Å². The summed E-state index contributed by atoms with van der Waals surface area (Å²) in [6.45, 7) is 69.3. The molecule has 16 saturated carbocycles. The van der Waals surface area contributed by atoms with Gasteiger partial charge < -0.3 is 119 Å². The number of hydrogen-bond acceptors (Lipinski definition) is 0. The van der Waals surface area contributed by atoms with Crippen LogP contribution in [0.2, 0.25) is 161 Å². The molecule has 148 heavy (non-hydrogen) atoms. The van der Waals surface area contributed by atoms with Gasteiger partial charge in [0.25, 0.3) is 0 Å². The summed E-state index contributed by atoms with van der Waals surface area (Å²) in [5, 5.41) is 3.63. The summed E-state index contributed by atoms with van der Waals surface area (Å²) in [5.41, 5.74) is 9.89. The van der Waals surface area contributed by atoms with Crippen LogP contribution in [0.15, 0.2) is 60.7 Å². The Morgan fingerprint density at radius 1 is 0.243 bits per heavy atom. The molecule has 0 heterocycles. The van der Waals surface area contributed by atoms with Crippen molar-refractivity contribution >= 4 is 118 Å². The first-order valence-corrected chi connectivity index (χ1v) is 91.5. The molecule has 0 aromatic heterocycles. The van der Waals surface area contributed by atoms with E-state index >= 15 is 0 Å². The fourth-order valence-electron chi connectivity index (χ4n) is 40.5. The van der Waals surface area contributed by atoms with E-state index in [1.807, 2.05) is 10.4 Å². The molecule has 0 saturated heterocycles. The zero-order valence-electron chi connectivity index (χ0n) is 107. The van der Waals surface area contributed by atoms with Gasteiger partial charge in [-0.3, -0.25) is 0 Å². The third-order valence-electron chi connectivity index (χ3n) is 48.5. The molecule has 0 nitrogen and oxygen atoms in total. The van der Waals surface area contributed by atoms with Crippen LogP contribution in [0.25, 0.3) is 0 Å². The number of halogens is 2. The smallest absolute Gasteiger partial charge is 0.358 e. The van der Waals surface area contributed by atoms with Crippen LogP contribution in [0.1, 0.15) is 344 Å². The fourth-order valence-corrected chi connectivity index (χ4v) is 112. The zero-order valence-corrected chi connectivity index (χ0v) is 130. The zero-order chi connectivity index (χ0) is 91.8. The maximum absolute atomic E-state index is 4.30. The largest absolute Gasteiger partial charge is 4.00 e. The number of unbranched alkanes of at least 4 members (excludes halogenated alkanes) is 4. The van der Waals surface area contributed by atoms with E-state index in [0.29, 0.717) is 0 Å². The number of fused-ring (bicyclic) bond motifs is 8. The Morgan fingerprint density at radius 3 is 0.899 bits per heavy atom. The predicted molar refractivity (Wildman–Crippen MR) is 707 cm³/mol. The van der Waals surface area contributed by atoms with Crippen LogP contribution in [0.4, 0.5) is 0 Å². The fraction of sp³-hybridized carbons (Fsp3) is 0.789. The molecular formula is C133H258BrISi9Zr4. The van der Waals surface area contributed by atoms with Gasteiger partial charge in [-0.15, -0.1) is 0 Å². The topological polar surface area (TPSA) is 0 Å². The molecule has 15 heteroatoms. The summed E-state index contributed by atoms with van der Waals surface area (Å²) in [5.74, 6) is 25.3. The molecule has 16 aliphatic rings. The second-order valence-electron chi connectivity index (χ2n) is 56.4. The summed E-state index contributed by atoms with van der Waals surface area (Å²) < 4.78 is 1.01. The van der Waals surface area contributed by atoms with Crippen molar-refractivity contribution in [3.05, 3.63) is 179 Å². The van der Waals surface area contributed by atoms with Crippen molar-refractivity contribution in [2.24, 2.45) is 142 Å². The summed E-state index contributed by atoms with van der Waals surface area (Å²) in [7, 11) is -12.2. The molecule has 37 atom stereocenters. The standard InChI is InChI=1S/C36H54Si2.C29H58Si3.C26H49BrSi2.C26H49ISi2.16CH3.4Zr/c1-5-6-14-28-21-22-34(24-28)37(3,32-17-9-7-10-18-32)38(4,33-19-11-8-12-20-33)36-27(2)23-31-25-29-15-13-16-30(29)26-35(31)36;1-10-11-13-22-16-17-24(19-22)31(6,7)32(8,9)28-21(2)18-26-27(28)20-23-14-12-15-25(23)29(26)30(3,4)5;2*1-7-8-10-19-13-14-21(16-19)28(3,4)29(5,6)26-18(2)15-23-24(26)17-20-11-9-12-22(20)25(23)27;;;;;;;;;;;;;;;;;;;;/h7-12,17-20,27-31,34-36H,5-6,13-16,21-26H2,1-4H3;21-29H,10-20H2,1-9H3;2*18-26H,7-17H2,1-6H3;16*1H3;;;;/q;;;;16*-1;4*+4. The van der Waals surface area contributed by atoms with Crippen molar-refractivity contribution in [2.75, 3.05) is 0 Å². The van der Waals surface area contributed by atoms with Crippen molar-refractivity contribution in [3.8, 4) is 0 Å². The van der Waals surface area contributed by atoms with E-state index < -0.39 is 68.8 Å². The van der Waals surface area contributed by atoms with Crippen molar-refractivity contribution in [3.63, 3.8) is 0 Å². The first kappa shape index (κ1) is 164. The minimum atomic E-state index is -1.89. The third-order valence-corrected chi connectivity index (χ3v) is 137. The van der Waals surface area contributed by atoms with Crippen LogP contribution in [-0.2, 0) is 105 Å². The van der Waals surface area contributed by atoms with Crippen LogP contribution in [0.5, 0.6) is 0 Å². The van der Waals surface area contributed by atoms with Crippen molar-refractivity contribution in [1.82, 2.24) is 0 Å². The molecule has 856 valence electrons. The maximum Gasteiger partial charge on any atom is 4.00 e. The molecule has 16 aliphatic carbocycles. The Balaban J connectivity index is -0.000000437. The molecule has 0 radical (unpaired) electrons. The van der Waals surface area contributed by atoms with Gasteiger partial charge in [0.1, 0.15) is 0 Å². The van der Waals surface area contributed by atoms with Gasteiger partial charge in [-0.25, -0.2) is 0 Å². The quantitative estimate of drug-likeness (QED) is 0.0362. The van der Waals surface area contributed by atoms with Gasteiger partial charge in [0.05, 0.1) is 15.2 Å². The Morgan fingerprint density at radius 2 is 0.520 bits per heavy atom. The van der Waals surface area contributed by atoms with E-state index in [9.17, 15) is 0 Å². The van der Waals surface area contributed by atoms with E-state index in [2.05, 4.69) is 266 Å². The minimum Gasteiger partial charge on any atom is -0.358 e. The van der Waals surface area contributed by atoms with E-state index in [0.717, 1.165) is 201 Å². The average Bonchev–Trinajstić information content (AvgIpc) is 1.54. The van der Waals surface area contributed by atoms with Crippen LogP contribution < -0.4 is 10.4 Å². The van der Waals surface area contributed by atoms with Crippen molar-refractivity contribution in [1.29, 1.82) is 0 Å². The van der Waals surface area contributed by atoms with Crippen molar-refractivity contribution in [2.45, 2.75) is 514 Å². The van der Waals surface area contributed by atoms with Gasteiger partial charge in [0.2, 0.25) is 0 Å². The van der Waals surface area contributed by atoms with Gasteiger partial charge in [-0.1, -0.05) is 488 Å². The van der Waals surface area contributed by atoms with Crippen molar-refractivity contribution < 1.29 is 105 Å². The number of alkyl halides is 2. The van der Waals surface area contributed by atoms with Gasteiger partial charge in [0, 0.05) is 62.4 Å². The molecule has 0 N–H and O–H groups in total. The molecule has 18 rings (SSSR count). The average molecular weight is 2680 g/mol. The van der Waals surface area contributed by atoms with Gasteiger partial charge in [-0.05, 0) is 269 Å². The van der Waals surface area contributed by atoms with E-state index in [1.165, 1.54) is 141 Å². The van der Waals surface area contributed by atoms with Gasteiger partial charge in [0.15, 0.2) is 0 Å². The molecule has 2 aromatic rings. The minimum absolute atomic E-state index is 0. The summed E-state index contributed by atoms with van der Waals surface area (Å²) in [6.07, 6.45) is 69.1. The molecule has 0 amide bonds. The number of benzene rings is 2. The summed E-state index contributed by atoms with van der Waals surface area (Å²) in [6, 6.07) is 24.5. The predicted octanol–water partition coefficient (Wildman–Crippen LogP) is 44.6. The number of hydrogen-bond donors (Lipinski definition) is 0. The first-order chi connectivity index (χ1) is 60.7. The Kier molecular flexibility index (Phi) is 75.8. The molecule has 0 bridgehead atoms. The summed E-state index contributed by atoms with van der Waals surface area (Å²) in [4.78, 5) is 0.848. The molecular weight excluding hydrogens is 2420 g/mol. The molecule has 37 unspecified atom stereocenters. The van der Waals surface area contributed by atoms with Crippen LogP contribution in [0.3, 0.4) is 0 Å². The Bertz CT molecular complexity index is 3720. The molecule has 16 fully saturated rings. The second-order valence-corrected chi connectivity index (χ2v) is 126. The van der Waals surface area contributed by atoms with E-state index in [1.54, 1.807) is 148 Å². The SMILES string of the molecule is CCCCC1CCC([Si](C)(C)[Si](C)(C)C2C(C)CC3C(Br)C4CCCC4CC32)C1.CCCCC1CCC([Si](C)(C)[Si](C)(C)C2C(C)CC3C(I)C4CCCC4CC32)C1.CCCCC1CCC([Si](C)(C)[Si](C)(C)C2C(C)CC3C2CC2CCCC2C3[Si](C)(C)C)C1.CCCCC1CCC([Si](C)(c2ccccc2)[Si](C)(c2ccccc2)C2C(C)CC3CC4CCCC4CC32)C1.[CH3-].[CH3-].[CH3-].[CH3-].[CH3-].[CH3-].[CH3-].[CH3-].[CH3-].[CH3-].[CH3-].[CH3-].[CH3-].[CH3-].[CH3-].[CH3-].[Zr+4].[Zr+4].[Zr+4].[Zr+4]. The third kappa shape index (κ3) is 32.6. The first-order valence-electron chi connectivity index (χ1n) is 58.1.